The molecule has 1 unspecified atom stereocenters. The Morgan fingerprint density at radius 1 is 1.22 bits per heavy atom. The van der Waals surface area contributed by atoms with E-state index in [1.165, 1.54) is 28.6 Å². The summed E-state index contributed by atoms with van der Waals surface area (Å²) in [5.74, 6) is 0.0474. The first-order chi connectivity index (χ1) is 15.6. The lowest BCUT2D eigenvalue weighted by Crippen LogP contribution is -2.09. The Hall–Kier alpha value is -3.03. The number of nitrogens with one attached hydrogen (secondary N) is 1. The number of hydrogen-bond donors (Lipinski definition) is 2. The second-order valence-corrected chi connectivity index (χ2v) is 8.80. The molecule has 166 valence electrons. The Labute approximate surface area is 191 Å². The smallest absolute Gasteiger partial charge is 0.187 e. The van der Waals surface area contributed by atoms with Gasteiger partial charge in [-0.05, 0) is 56.9 Å². The predicted molar refractivity (Wildman–Crippen MR) is 128 cm³/mol. The summed E-state index contributed by atoms with van der Waals surface area (Å²) in [6.07, 6.45) is 6.78. The zero-order valence-corrected chi connectivity index (χ0v) is 19.1. The highest BCUT2D eigenvalue weighted by atomic mass is 32.1. The number of aryl methyl sites for hydroxylation is 2. The van der Waals surface area contributed by atoms with E-state index in [-0.39, 0.29) is 12.4 Å². The summed E-state index contributed by atoms with van der Waals surface area (Å²) < 4.78 is 16.3. The molecule has 0 spiro atoms. The van der Waals surface area contributed by atoms with Crippen LogP contribution in [0.25, 0.3) is 5.69 Å². The van der Waals surface area contributed by atoms with Crippen LogP contribution in [0.15, 0.2) is 61.1 Å². The van der Waals surface area contributed by atoms with E-state index >= 15 is 0 Å². The number of aromatic nitrogens is 3. The third-order valence-corrected chi connectivity index (χ3v) is 6.39. The van der Waals surface area contributed by atoms with Gasteiger partial charge in [0.25, 0.3) is 0 Å². The Balaban J connectivity index is 0.000000775. The van der Waals surface area contributed by atoms with Crippen molar-refractivity contribution in [1.82, 2.24) is 14.5 Å². The molecule has 1 atom stereocenters. The molecule has 2 heterocycles. The van der Waals surface area contributed by atoms with Crippen molar-refractivity contribution in [1.29, 1.82) is 0 Å². The van der Waals surface area contributed by atoms with E-state index in [9.17, 15) is 4.39 Å². The van der Waals surface area contributed by atoms with Crippen LogP contribution in [0.4, 0.5) is 15.2 Å². The molecule has 0 saturated heterocycles. The van der Waals surface area contributed by atoms with Crippen molar-refractivity contribution in [2.24, 2.45) is 0 Å². The minimum Gasteiger partial charge on any atom is -0.397 e. The summed E-state index contributed by atoms with van der Waals surface area (Å²) in [4.78, 5) is 10.4. The number of anilines is 2. The summed E-state index contributed by atoms with van der Waals surface area (Å²) >= 11 is 1.68. The third-order valence-electron chi connectivity index (χ3n) is 5.35. The van der Waals surface area contributed by atoms with Gasteiger partial charge in [0.2, 0.25) is 0 Å². The average molecular weight is 451 g/mol. The number of thiazole rings is 1. The van der Waals surface area contributed by atoms with Gasteiger partial charge >= 0.3 is 0 Å². The first-order valence-corrected chi connectivity index (χ1v) is 11.6. The van der Waals surface area contributed by atoms with Gasteiger partial charge in [-0.15, -0.1) is 11.3 Å². The van der Waals surface area contributed by atoms with Gasteiger partial charge in [-0.2, -0.15) is 0 Å². The maximum absolute atomic E-state index is 14.7. The van der Waals surface area contributed by atoms with Gasteiger partial charge in [0.1, 0.15) is 5.82 Å². The van der Waals surface area contributed by atoms with Gasteiger partial charge in [0.05, 0.1) is 23.4 Å². The molecule has 0 aliphatic heterocycles. The van der Waals surface area contributed by atoms with Crippen LogP contribution in [0, 0.1) is 12.7 Å². The second kappa shape index (κ2) is 10.1. The van der Waals surface area contributed by atoms with E-state index in [1.807, 2.05) is 25.3 Å². The molecular weight excluding hydrogens is 423 g/mol. The van der Waals surface area contributed by atoms with Crippen LogP contribution in [0.2, 0.25) is 0 Å². The maximum Gasteiger partial charge on any atom is 0.187 e. The largest absolute Gasteiger partial charge is 0.397 e. The van der Waals surface area contributed by atoms with E-state index in [0.29, 0.717) is 17.3 Å². The minimum absolute atomic E-state index is 0.250. The molecule has 2 aromatic heterocycles. The zero-order valence-electron chi connectivity index (χ0n) is 18.3. The number of fused-ring (bicyclic) bond motifs is 1. The molecule has 7 heteroatoms. The lowest BCUT2D eigenvalue weighted by atomic mass is 9.85. The number of nitrogens with zero attached hydrogens (tertiary/aromatic N) is 3. The molecule has 32 heavy (non-hydrogen) atoms. The van der Waals surface area contributed by atoms with E-state index in [1.54, 1.807) is 35.2 Å². The average Bonchev–Trinajstić information content (AvgIpc) is 3.40. The second-order valence-electron chi connectivity index (χ2n) is 7.71. The fourth-order valence-electron chi connectivity index (χ4n) is 3.95. The van der Waals surface area contributed by atoms with Crippen LogP contribution in [0.1, 0.15) is 47.5 Å². The summed E-state index contributed by atoms with van der Waals surface area (Å²) in [6.45, 7) is 3.82. The van der Waals surface area contributed by atoms with Crippen LogP contribution in [0.5, 0.6) is 0 Å². The maximum atomic E-state index is 14.7. The molecule has 0 saturated carbocycles. The lowest BCUT2D eigenvalue weighted by molar-refractivity contribution is 0.318. The molecule has 1 aliphatic carbocycles. The molecule has 4 aromatic rings. The van der Waals surface area contributed by atoms with E-state index in [4.69, 9.17) is 10.1 Å². The molecule has 0 fully saturated rings. The quantitative estimate of drug-likeness (QED) is 0.401. The summed E-state index contributed by atoms with van der Waals surface area (Å²) in [5.41, 5.74) is 4.52. The van der Waals surface area contributed by atoms with E-state index in [0.717, 1.165) is 23.7 Å². The number of aliphatic hydroxyl groups is 1. The minimum atomic E-state index is -0.295. The topological polar surface area (TPSA) is 63.0 Å². The lowest BCUT2D eigenvalue weighted by Gasteiger charge is -2.21. The third kappa shape index (κ3) is 4.89. The van der Waals surface area contributed by atoms with Crippen molar-refractivity contribution in [3.63, 3.8) is 0 Å². The van der Waals surface area contributed by atoms with Crippen LogP contribution < -0.4 is 5.32 Å². The Bertz CT molecular complexity index is 1170. The Morgan fingerprint density at radius 2 is 2.00 bits per heavy atom. The van der Waals surface area contributed by atoms with Crippen molar-refractivity contribution in [2.75, 3.05) is 11.9 Å². The Morgan fingerprint density at radius 3 is 2.69 bits per heavy atom. The number of imidazole rings is 1. The van der Waals surface area contributed by atoms with Gasteiger partial charge in [-0.25, -0.2) is 14.4 Å². The van der Waals surface area contributed by atoms with Crippen LogP contribution in [0.3, 0.4) is 0 Å². The van der Waals surface area contributed by atoms with Gasteiger partial charge in [-0.1, -0.05) is 30.3 Å². The van der Waals surface area contributed by atoms with E-state index < -0.39 is 0 Å². The molecule has 0 radical (unpaired) electrons. The highest BCUT2D eigenvalue weighted by Crippen LogP contribution is 2.40. The molecule has 0 amide bonds. The van der Waals surface area contributed by atoms with Crippen LogP contribution in [-0.2, 0) is 6.42 Å². The fraction of sp³-hybridized carbons (Fsp3) is 0.280. The van der Waals surface area contributed by atoms with Crippen molar-refractivity contribution >= 4 is 22.2 Å². The van der Waals surface area contributed by atoms with Crippen molar-refractivity contribution < 1.29 is 9.50 Å². The molecule has 0 bridgehead atoms. The summed E-state index contributed by atoms with van der Waals surface area (Å²) in [7, 11) is 0. The number of hydrogen-bond acceptors (Lipinski definition) is 5. The van der Waals surface area contributed by atoms with Gasteiger partial charge < -0.3 is 15.0 Å². The summed E-state index contributed by atoms with van der Waals surface area (Å²) in [5, 5.41) is 11.7. The first kappa shape index (κ1) is 22.2. The zero-order chi connectivity index (χ0) is 22.5. The SMILES string of the molecule is CCO.Cc1cn(-c2ccc(Nc3nc4c(s3)CCCC4c3ccccc3)cc2F)cn1. The number of benzene rings is 2. The molecule has 2 N–H and O–H groups in total. The van der Waals surface area contributed by atoms with Crippen molar-refractivity contribution in [2.45, 2.75) is 39.0 Å². The van der Waals surface area contributed by atoms with Gasteiger partial charge in [0, 0.05) is 29.3 Å². The Kier molecular flexibility index (Phi) is 6.97. The first-order valence-electron chi connectivity index (χ1n) is 10.8. The summed E-state index contributed by atoms with van der Waals surface area (Å²) in [6, 6.07) is 15.7. The highest BCUT2D eigenvalue weighted by Gasteiger charge is 2.26. The number of rotatable bonds is 4. The molecule has 5 rings (SSSR count). The monoisotopic (exact) mass is 450 g/mol. The fourth-order valence-corrected chi connectivity index (χ4v) is 5.04. The van der Waals surface area contributed by atoms with Crippen molar-refractivity contribution in [3.05, 3.63) is 88.7 Å². The predicted octanol–water partition coefficient (Wildman–Crippen LogP) is 5.99. The molecule has 2 aromatic carbocycles. The molecule has 5 nitrogen and oxygen atoms in total. The number of halogens is 1. The van der Waals surface area contributed by atoms with Crippen molar-refractivity contribution in [3.8, 4) is 5.69 Å². The molecule has 1 aliphatic rings. The van der Waals surface area contributed by atoms with Gasteiger partial charge in [-0.3, -0.25) is 0 Å². The van der Waals surface area contributed by atoms with E-state index in [2.05, 4.69) is 34.6 Å². The molecular formula is C25H27FN4OS. The van der Waals surface area contributed by atoms with Crippen LogP contribution >= 0.6 is 11.3 Å². The van der Waals surface area contributed by atoms with Crippen LogP contribution in [-0.4, -0.2) is 26.2 Å². The highest BCUT2D eigenvalue weighted by molar-refractivity contribution is 7.15. The standard InChI is InChI=1S/C23H21FN4S.C2H6O/c1-15-13-28(14-25-15)20-11-10-17(12-19(20)24)26-23-27-22-18(8-5-9-21(22)29-23)16-6-3-2-4-7-16;1-2-3/h2-4,6-7,10-14,18H,5,8-9H2,1H3,(H,26,27);3H,2H2,1H3. The number of aliphatic hydroxyl groups excluding tert-OH is 1. The normalized spacial score (nSPS) is 14.9. The van der Waals surface area contributed by atoms with Gasteiger partial charge in [0.15, 0.2) is 5.13 Å².